The van der Waals surface area contributed by atoms with E-state index in [-0.39, 0.29) is 0 Å². The fourth-order valence-corrected chi connectivity index (χ4v) is 2.28. The van der Waals surface area contributed by atoms with E-state index in [2.05, 4.69) is 10.8 Å². The van der Waals surface area contributed by atoms with Crippen molar-refractivity contribution >= 4 is 17.2 Å². The van der Waals surface area contributed by atoms with Crippen molar-refractivity contribution in [2.75, 3.05) is 0 Å². The maximum atomic E-state index is 5.64. The van der Waals surface area contributed by atoms with E-state index in [1.807, 2.05) is 12.1 Å². The van der Waals surface area contributed by atoms with E-state index in [0.717, 1.165) is 5.69 Å². The molecule has 1 aromatic rings. The Bertz CT molecular complexity index is 310. The number of nitrogens with two attached hydrogens (primary N) is 1. The molecule has 1 saturated carbocycles. The smallest absolute Gasteiger partial charge is 0.120 e. The molecular formula is C10H14N2S. The van der Waals surface area contributed by atoms with Crippen molar-refractivity contribution in [3.63, 3.8) is 0 Å². The molecule has 1 aliphatic rings. The zero-order valence-corrected chi connectivity index (χ0v) is 8.39. The van der Waals surface area contributed by atoms with Crippen molar-refractivity contribution < 1.29 is 0 Å². The predicted molar refractivity (Wildman–Crippen MR) is 57.8 cm³/mol. The summed E-state index contributed by atoms with van der Waals surface area (Å²) >= 11 is 5.00. The molecule has 0 aliphatic heterocycles. The predicted octanol–water partition coefficient (Wildman–Crippen LogP) is 2.24. The van der Waals surface area contributed by atoms with Crippen molar-refractivity contribution in [1.29, 1.82) is 0 Å². The number of nitrogens with zero attached hydrogens (tertiary/aromatic N) is 1. The van der Waals surface area contributed by atoms with E-state index >= 15 is 0 Å². The Morgan fingerprint density at radius 3 is 2.77 bits per heavy atom. The zero-order valence-electron chi connectivity index (χ0n) is 7.57. The van der Waals surface area contributed by atoms with Crippen LogP contribution < -0.4 is 5.73 Å². The van der Waals surface area contributed by atoms with E-state index < -0.39 is 0 Å². The van der Waals surface area contributed by atoms with E-state index in [1.54, 1.807) is 0 Å². The average molecular weight is 194 g/mol. The first kappa shape index (κ1) is 8.75. The van der Waals surface area contributed by atoms with Crippen molar-refractivity contribution in [1.82, 2.24) is 4.57 Å². The molecule has 1 fully saturated rings. The lowest BCUT2D eigenvalue weighted by atomic mass is 10.2. The quantitative estimate of drug-likeness (QED) is 0.732. The summed E-state index contributed by atoms with van der Waals surface area (Å²) in [6.45, 7) is 0. The molecular weight excluding hydrogens is 180 g/mol. The van der Waals surface area contributed by atoms with Gasteiger partial charge in [-0.2, -0.15) is 0 Å². The number of hydrogen-bond acceptors (Lipinski definition) is 1. The summed E-state index contributed by atoms with van der Waals surface area (Å²) in [5, 5.41) is 0. The molecule has 0 spiro atoms. The maximum absolute atomic E-state index is 5.64. The third kappa shape index (κ3) is 1.61. The Hall–Kier alpha value is -0.830. The number of aromatic nitrogens is 1. The molecule has 2 rings (SSSR count). The van der Waals surface area contributed by atoms with Gasteiger partial charge in [0.2, 0.25) is 0 Å². The van der Waals surface area contributed by atoms with Crippen LogP contribution in [0.1, 0.15) is 37.4 Å². The fourth-order valence-electron chi connectivity index (χ4n) is 2.10. The van der Waals surface area contributed by atoms with E-state index in [9.17, 15) is 0 Å². The minimum atomic E-state index is 0.511. The molecule has 2 nitrogen and oxygen atoms in total. The monoisotopic (exact) mass is 194 g/mol. The van der Waals surface area contributed by atoms with Gasteiger partial charge in [-0.3, -0.25) is 0 Å². The van der Waals surface area contributed by atoms with Crippen LogP contribution in [0.2, 0.25) is 0 Å². The lowest BCUT2D eigenvalue weighted by molar-refractivity contribution is 0.518. The van der Waals surface area contributed by atoms with Crippen LogP contribution in [-0.2, 0) is 0 Å². The van der Waals surface area contributed by atoms with Gasteiger partial charge in [-0.05, 0) is 25.0 Å². The summed E-state index contributed by atoms with van der Waals surface area (Å²) in [4.78, 5) is 0.511. The highest BCUT2D eigenvalue weighted by Crippen LogP contribution is 2.30. The summed E-state index contributed by atoms with van der Waals surface area (Å²) in [6.07, 6.45) is 7.29. The van der Waals surface area contributed by atoms with Gasteiger partial charge in [-0.15, -0.1) is 0 Å². The van der Waals surface area contributed by atoms with Crippen molar-refractivity contribution in [2.45, 2.75) is 31.7 Å². The van der Waals surface area contributed by atoms with E-state index in [4.69, 9.17) is 18.0 Å². The molecule has 1 heterocycles. The molecule has 0 radical (unpaired) electrons. The summed E-state index contributed by atoms with van der Waals surface area (Å²) in [5.74, 6) is 0. The first-order valence-corrected chi connectivity index (χ1v) is 5.16. The SMILES string of the molecule is NC(=S)c1cccn1C1CCCC1. The molecule has 0 amide bonds. The first-order chi connectivity index (χ1) is 6.29. The summed E-state index contributed by atoms with van der Waals surface area (Å²) < 4.78 is 2.23. The standard InChI is InChI=1S/C10H14N2S/c11-10(13)9-6-3-7-12(9)8-4-1-2-5-8/h3,6-8H,1-2,4-5H2,(H2,11,13). The van der Waals surface area contributed by atoms with Gasteiger partial charge in [0.1, 0.15) is 4.99 Å². The Morgan fingerprint density at radius 2 is 2.15 bits per heavy atom. The first-order valence-electron chi connectivity index (χ1n) is 4.75. The summed E-state index contributed by atoms with van der Waals surface area (Å²) in [7, 11) is 0. The largest absolute Gasteiger partial charge is 0.388 e. The molecule has 0 atom stereocenters. The van der Waals surface area contributed by atoms with Gasteiger partial charge in [-0.1, -0.05) is 25.1 Å². The Kier molecular flexibility index (Phi) is 2.36. The van der Waals surface area contributed by atoms with Crippen molar-refractivity contribution in [3.05, 3.63) is 24.0 Å². The second-order valence-corrected chi connectivity index (χ2v) is 4.04. The Morgan fingerprint density at radius 1 is 1.46 bits per heavy atom. The van der Waals surface area contributed by atoms with Gasteiger partial charge in [0.05, 0.1) is 5.69 Å². The molecule has 1 aliphatic carbocycles. The molecule has 13 heavy (non-hydrogen) atoms. The average Bonchev–Trinajstić information content (AvgIpc) is 2.74. The summed E-state index contributed by atoms with van der Waals surface area (Å²) in [6, 6.07) is 4.65. The lowest BCUT2D eigenvalue weighted by Crippen LogP contribution is -2.17. The van der Waals surface area contributed by atoms with Gasteiger partial charge in [0.15, 0.2) is 0 Å². The topological polar surface area (TPSA) is 30.9 Å². The van der Waals surface area contributed by atoms with Crippen LogP contribution in [0, 0.1) is 0 Å². The number of hydrogen-bond donors (Lipinski definition) is 1. The highest BCUT2D eigenvalue weighted by molar-refractivity contribution is 7.80. The minimum Gasteiger partial charge on any atom is -0.388 e. The second kappa shape index (κ2) is 3.50. The van der Waals surface area contributed by atoms with Crippen LogP contribution in [0.15, 0.2) is 18.3 Å². The Labute approximate surface area is 83.7 Å². The van der Waals surface area contributed by atoms with Crippen LogP contribution in [0.4, 0.5) is 0 Å². The van der Waals surface area contributed by atoms with Gasteiger partial charge in [-0.25, -0.2) is 0 Å². The number of thiocarbonyl (C=S) groups is 1. The fraction of sp³-hybridized carbons (Fsp3) is 0.500. The molecule has 0 aromatic carbocycles. The highest BCUT2D eigenvalue weighted by atomic mass is 32.1. The van der Waals surface area contributed by atoms with Gasteiger partial charge in [0.25, 0.3) is 0 Å². The molecule has 2 N–H and O–H groups in total. The molecule has 1 aromatic heterocycles. The third-order valence-corrected chi connectivity index (χ3v) is 2.96. The maximum Gasteiger partial charge on any atom is 0.120 e. The Balaban J connectivity index is 2.28. The van der Waals surface area contributed by atoms with E-state index in [0.29, 0.717) is 11.0 Å². The third-order valence-electron chi connectivity index (χ3n) is 2.75. The molecule has 0 unspecified atom stereocenters. The van der Waals surface area contributed by atoms with Crippen LogP contribution in [0.3, 0.4) is 0 Å². The molecule has 0 bridgehead atoms. The zero-order chi connectivity index (χ0) is 9.26. The van der Waals surface area contributed by atoms with Crippen LogP contribution in [0.25, 0.3) is 0 Å². The molecule has 0 saturated heterocycles. The van der Waals surface area contributed by atoms with Crippen molar-refractivity contribution in [3.8, 4) is 0 Å². The van der Waals surface area contributed by atoms with E-state index in [1.165, 1.54) is 25.7 Å². The van der Waals surface area contributed by atoms with Crippen LogP contribution >= 0.6 is 12.2 Å². The summed E-state index contributed by atoms with van der Waals surface area (Å²) in [5.41, 5.74) is 6.65. The number of rotatable bonds is 2. The highest BCUT2D eigenvalue weighted by Gasteiger charge is 2.18. The lowest BCUT2D eigenvalue weighted by Gasteiger charge is -2.15. The van der Waals surface area contributed by atoms with Gasteiger partial charge in [0, 0.05) is 12.2 Å². The second-order valence-electron chi connectivity index (χ2n) is 3.60. The van der Waals surface area contributed by atoms with Gasteiger partial charge < -0.3 is 10.3 Å². The molecule has 70 valence electrons. The van der Waals surface area contributed by atoms with Crippen LogP contribution in [-0.4, -0.2) is 9.56 Å². The van der Waals surface area contributed by atoms with Gasteiger partial charge >= 0.3 is 0 Å². The van der Waals surface area contributed by atoms with Crippen LogP contribution in [0.5, 0.6) is 0 Å². The molecule has 3 heteroatoms. The normalized spacial score (nSPS) is 17.8. The minimum absolute atomic E-state index is 0.511. The van der Waals surface area contributed by atoms with Crippen molar-refractivity contribution in [2.24, 2.45) is 5.73 Å².